The van der Waals surface area contributed by atoms with E-state index in [1.54, 1.807) is 6.92 Å². The molecule has 0 aromatic rings. The highest BCUT2D eigenvalue weighted by molar-refractivity contribution is 14.1. The average molecular weight is 347 g/mol. The molecule has 0 atom stereocenters. The molecule has 0 aromatic carbocycles. The Kier molecular flexibility index (Phi) is 10.3. The molecule has 0 aliphatic carbocycles. The SMILES string of the molecule is CCS(=O)(=O)CCNCCCCCCI. The molecule has 1 N–H and O–H groups in total. The maximum absolute atomic E-state index is 11.1. The Labute approximate surface area is 107 Å². The second-order valence-electron chi connectivity index (χ2n) is 3.59. The van der Waals surface area contributed by atoms with E-state index in [2.05, 4.69) is 27.9 Å². The van der Waals surface area contributed by atoms with Crippen molar-refractivity contribution in [3.05, 3.63) is 0 Å². The van der Waals surface area contributed by atoms with Crippen molar-refractivity contribution in [1.29, 1.82) is 0 Å². The molecule has 5 heteroatoms. The molecular formula is C10H22INO2S. The van der Waals surface area contributed by atoms with Gasteiger partial charge in [0.05, 0.1) is 5.75 Å². The number of nitrogens with one attached hydrogen (secondary N) is 1. The van der Waals surface area contributed by atoms with Crippen molar-refractivity contribution < 1.29 is 8.42 Å². The number of rotatable bonds is 10. The van der Waals surface area contributed by atoms with Crippen LogP contribution in [0.1, 0.15) is 32.6 Å². The Bertz CT molecular complexity index is 230. The molecule has 0 amide bonds. The molecule has 92 valence electrons. The molecule has 0 aliphatic heterocycles. The Morgan fingerprint density at radius 2 is 1.73 bits per heavy atom. The summed E-state index contributed by atoms with van der Waals surface area (Å²) < 4.78 is 23.5. The number of halogens is 1. The van der Waals surface area contributed by atoms with Crippen molar-refractivity contribution in [1.82, 2.24) is 5.32 Å². The van der Waals surface area contributed by atoms with Gasteiger partial charge in [-0.05, 0) is 23.8 Å². The monoisotopic (exact) mass is 347 g/mol. The van der Waals surface area contributed by atoms with Crippen LogP contribution in [0.15, 0.2) is 0 Å². The molecule has 0 saturated carbocycles. The average Bonchev–Trinajstić information content (AvgIpc) is 2.22. The van der Waals surface area contributed by atoms with Gasteiger partial charge in [-0.1, -0.05) is 42.4 Å². The lowest BCUT2D eigenvalue weighted by molar-refractivity contribution is 0.584. The van der Waals surface area contributed by atoms with Gasteiger partial charge in [-0.15, -0.1) is 0 Å². The number of unbranched alkanes of at least 4 members (excludes halogenated alkanes) is 3. The van der Waals surface area contributed by atoms with Gasteiger partial charge in [-0.2, -0.15) is 0 Å². The molecule has 0 unspecified atom stereocenters. The molecular weight excluding hydrogens is 325 g/mol. The van der Waals surface area contributed by atoms with Crippen LogP contribution in [0.2, 0.25) is 0 Å². The lowest BCUT2D eigenvalue weighted by Gasteiger charge is -2.04. The first-order chi connectivity index (χ1) is 7.12. The minimum Gasteiger partial charge on any atom is -0.316 e. The molecule has 15 heavy (non-hydrogen) atoms. The smallest absolute Gasteiger partial charge is 0.151 e. The highest BCUT2D eigenvalue weighted by Gasteiger charge is 2.05. The van der Waals surface area contributed by atoms with Gasteiger partial charge in [-0.3, -0.25) is 0 Å². The van der Waals surface area contributed by atoms with Crippen molar-refractivity contribution in [2.24, 2.45) is 0 Å². The highest BCUT2D eigenvalue weighted by Crippen LogP contribution is 2.01. The lowest BCUT2D eigenvalue weighted by atomic mass is 10.2. The summed E-state index contributed by atoms with van der Waals surface area (Å²) in [6.07, 6.45) is 4.99. The van der Waals surface area contributed by atoms with E-state index in [0.717, 1.165) is 13.0 Å². The van der Waals surface area contributed by atoms with Crippen molar-refractivity contribution >= 4 is 32.4 Å². The molecule has 0 spiro atoms. The predicted octanol–water partition coefficient (Wildman–Crippen LogP) is 2.01. The largest absolute Gasteiger partial charge is 0.316 e. The third-order valence-corrected chi connectivity index (χ3v) is 4.74. The summed E-state index contributed by atoms with van der Waals surface area (Å²) in [6.45, 7) is 3.24. The zero-order valence-corrected chi connectivity index (χ0v) is 12.4. The molecule has 0 aromatic heterocycles. The summed E-state index contributed by atoms with van der Waals surface area (Å²) in [5.41, 5.74) is 0. The Hall–Kier alpha value is 0.640. The first-order valence-electron chi connectivity index (χ1n) is 5.59. The Morgan fingerprint density at radius 3 is 2.33 bits per heavy atom. The van der Waals surface area contributed by atoms with Crippen LogP contribution < -0.4 is 5.32 Å². The number of sulfone groups is 1. The van der Waals surface area contributed by atoms with Crippen molar-refractivity contribution in [3.8, 4) is 0 Å². The Morgan fingerprint density at radius 1 is 1.07 bits per heavy atom. The standard InChI is InChI=1S/C10H22INO2S/c1-2-15(13,14)10-9-12-8-6-4-3-5-7-11/h12H,2-10H2,1H3. The molecule has 0 heterocycles. The van der Waals surface area contributed by atoms with Crippen LogP contribution in [0, 0.1) is 0 Å². The van der Waals surface area contributed by atoms with E-state index >= 15 is 0 Å². The quantitative estimate of drug-likeness (QED) is 0.374. The first kappa shape index (κ1) is 15.6. The van der Waals surface area contributed by atoms with Gasteiger partial charge in [0, 0.05) is 12.3 Å². The summed E-state index contributed by atoms with van der Waals surface area (Å²) in [4.78, 5) is 0. The number of alkyl halides is 1. The summed E-state index contributed by atoms with van der Waals surface area (Å²) >= 11 is 2.39. The van der Waals surface area contributed by atoms with Gasteiger partial charge >= 0.3 is 0 Å². The molecule has 0 aliphatic rings. The fourth-order valence-corrected chi connectivity index (χ4v) is 2.48. The van der Waals surface area contributed by atoms with E-state index in [9.17, 15) is 8.42 Å². The molecule has 0 radical (unpaired) electrons. The van der Waals surface area contributed by atoms with E-state index in [0.29, 0.717) is 6.54 Å². The molecule has 3 nitrogen and oxygen atoms in total. The fraction of sp³-hybridized carbons (Fsp3) is 1.00. The number of hydrogen-bond donors (Lipinski definition) is 1. The predicted molar refractivity (Wildman–Crippen MR) is 74.6 cm³/mol. The van der Waals surface area contributed by atoms with Crippen LogP contribution in [-0.4, -0.2) is 37.4 Å². The van der Waals surface area contributed by atoms with Crippen molar-refractivity contribution in [2.75, 3.05) is 29.0 Å². The van der Waals surface area contributed by atoms with E-state index < -0.39 is 9.84 Å². The third kappa shape index (κ3) is 10.9. The van der Waals surface area contributed by atoms with E-state index in [1.165, 1.54) is 23.7 Å². The number of hydrogen-bond acceptors (Lipinski definition) is 3. The van der Waals surface area contributed by atoms with Crippen LogP contribution >= 0.6 is 22.6 Å². The molecule has 0 saturated heterocycles. The zero-order valence-electron chi connectivity index (χ0n) is 9.47. The molecule has 0 fully saturated rings. The molecule has 0 rings (SSSR count). The van der Waals surface area contributed by atoms with Crippen LogP contribution in [0.5, 0.6) is 0 Å². The topological polar surface area (TPSA) is 46.2 Å². The van der Waals surface area contributed by atoms with Gasteiger partial charge in [0.15, 0.2) is 9.84 Å². The zero-order chi connectivity index (χ0) is 11.6. The van der Waals surface area contributed by atoms with Crippen molar-refractivity contribution in [2.45, 2.75) is 32.6 Å². The van der Waals surface area contributed by atoms with E-state index in [1.807, 2.05) is 0 Å². The lowest BCUT2D eigenvalue weighted by Crippen LogP contribution is -2.24. The van der Waals surface area contributed by atoms with Gasteiger partial charge in [0.2, 0.25) is 0 Å². The summed E-state index contributed by atoms with van der Waals surface area (Å²) in [5.74, 6) is 0.529. The van der Waals surface area contributed by atoms with E-state index in [-0.39, 0.29) is 11.5 Å². The van der Waals surface area contributed by atoms with Gasteiger partial charge < -0.3 is 5.32 Å². The maximum atomic E-state index is 11.1. The summed E-state index contributed by atoms with van der Waals surface area (Å²) in [7, 11) is -2.78. The maximum Gasteiger partial charge on any atom is 0.151 e. The first-order valence-corrected chi connectivity index (χ1v) is 8.94. The minimum absolute atomic E-state index is 0.254. The van der Waals surface area contributed by atoms with Crippen LogP contribution in [-0.2, 0) is 9.84 Å². The van der Waals surface area contributed by atoms with Crippen molar-refractivity contribution in [3.63, 3.8) is 0 Å². The normalized spacial score (nSPS) is 11.9. The van der Waals surface area contributed by atoms with Crippen LogP contribution in [0.25, 0.3) is 0 Å². The Balaban J connectivity index is 3.19. The van der Waals surface area contributed by atoms with E-state index in [4.69, 9.17) is 0 Å². The fourth-order valence-electron chi connectivity index (χ4n) is 1.20. The summed E-state index contributed by atoms with van der Waals surface area (Å²) in [6, 6.07) is 0. The van der Waals surface area contributed by atoms with Gasteiger partial charge in [0.1, 0.15) is 0 Å². The summed E-state index contributed by atoms with van der Waals surface area (Å²) in [5, 5.41) is 3.17. The second-order valence-corrected chi connectivity index (χ2v) is 7.14. The van der Waals surface area contributed by atoms with Crippen LogP contribution in [0.3, 0.4) is 0 Å². The van der Waals surface area contributed by atoms with Gasteiger partial charge in [-0.25, -0.2) is 8.42 Å². The minimum atomic E-state index is -2.78. The second kappa shape index (κ2) is 9.84. The van der Waals surface area contributed by atoms with Gasteiger partial charge in [0.25, 0.3) is 0 Å². The highest BCUT2D eigenvalue weighted by atomic mass is 127. The molecule has 0 bridgehead atoms. The van der Waals surface area contributed by atoms with Crippen LogP contribution in [0.4, 0.5) is 0 Å². The third-order valence-electron chi connectivity index (χ3n) is 2.27.